The molecule has 0 amide bonds. The van der Waals surface area contributed by atoms with E-state index in [2.05, 4.69) is 26.0 Å². The van der Waals surface area contributed by atoms with Gasteiger partial charge >= 0.3 is 0 Å². The third-order valence-electron chi connectivity index (χ3n) is 2.41. The lowest BCUT2D eigenvalue weighted by atomic mass is 10.0. The van der Waals surface area contributed by atoms with Crippen LogP contribution in [0.4, 0.5) is 0 Å². The maximum atomic E-state index is 5.70. The van der Waals surface area contributed by atoms with Gasteiger partial charge in [-0.25, -0.2) is 0 Å². The summed E-state index contributed by atoms with van der Waals surface area (Å²) in [5.74, 6) is 3.05. The smallest absolute Gasteiger partial charge is 0.127 e. The molecular weight excluding hydrogens is 196 g/mol. The molecule has 0 aliphatic rings. The van der Waals surface area contributed by atoms with Crippen LogP contribution in [0.15, 0.2) is 54.6 Å². The van der Waals surface area contributed by atoms with Gasteiger partial charge in [-0.3, -0.25) is 0 Å². The molecule has 0 fully saturated rings. The Hall–Kier alpha value is -1.76. The third-order valence-corrected chi connectivity index (χ3v) is 2.41. The lowest BCUT2D eigenvalue weighted by molar-refractivity contribution is 0.482. The number of hydrogen-bond acceptors (Lipinski definition) is 1. The van der Waals surface area contributed by atoms with Crippen molar-refractivity contribution in [2.45, 2.75) is 13.8 Å². The molecule has 1 heteroatoms. The van der Waals surface area contributed by atoms with E-state index in [1.165, 1.54) is 11.5 Å². The van der Waals surface area contributed by atoms with E-state index in [0.29, 0.717) is 0 Å². The van der Waals surface area contributed by atoms with Gasteiger partial charge in [-0.05, 0) is 35.7 Å². The fourth-order valence-electron chi connectivity index (χ4n) is 1.48. The summed E-state index contributed by atoms with van der Waals surface area (Å²) >= 11 is 0. The van der Waals surface area contributed by atoms with Gasteiger partial charge in [-0.15, -0.1) is 0 Å². The number of hydrogen-bond donors (Lipinski definition) is 0. The summed E-state index contributed by atoms with van der Waals surface area (Å²) in [6.07, 6.45) is 0. The zero-order valence-electron chi connectivity index (χ0n) is 9.60. The van der Waals surface area contributed by atoms with E-state index in [4.69, 9.17) is 4.74 Å². The molecule has 0 bridgehead atoms. The van der Waals surface area contributed by atoms with Crippen LogP contribution in [0.1, 0.15) is 19.4 Å². The Morgan fingerprint density at radius 1 is 0.750 bits per heavy atom. The van der Waals surface area contributed by atoms with Crippen molar-refractivity contribution in [2.75, 3.05) is 0 Å². The molecule has 0 saturated carbocycles. The SMILES string of the molecule is C[C](C)c1ccc(Oc2ccccc2)cc1. The Bertz CT molecular complexity index is 429. The first-order valence-corrected chi connectivity index (χ1v) is 5.39. The van der Waals surface area contributed by atoms with E-state index in [1.54, 1.807) is 0 Å². The molecule has 0 atom stereocenters. The lowest BCUT2D eigenvalue weighted by Gasteiger charge is -2.08. The quantitative estimate of drug-likeness (QED) is 0.729. The highest BCUT2D eigenvalue weighted by Gasteiger charge is 2.00. The molecule has 2 aromatic carbocycles. The minimum atomic E-state index is 0.868. The Morgan fingerprint density at radius 3 is 1.88 bits per heavy atom. The van der Waals surface area contributed by atoms with Crippen LogP contribution in [0.25, 0.3) is 0 Å². The molecule has 1 radical (unpaired) electrons. The van der Waals surface area contributed by atoms with Gasteiger partial charge in [0.1, 0.15) is 11.5 Å². The fourth-order valence-corrected chi connectivity index (χ4v) is 1.48. The van der Waals surface area contributed by atoms with Gasteiger partial charge < -0.3 is 4.74 Å². The van der Waals surface area contributed by atoms with Crippen molar-refractivity contribution >= 4 is 0 Å². The van der Waals surface area contributed by atoms with Crippen LogP contribution in [-0.2, 0) is 0 Å². The van der Waals surface area contributed by atoms with Gasteiger partial charge in [-0.2, -0.15) is 0 Å². The maximum Gasteiger partial charge on any atom is 0.127 e. The van der Waals surface area contributed by atoms with Crippen molar-refractivity contribution in [3.05, 3.63) is 66.1 Å². The first-order valence-electron chi connectivity index (χ1n) is 5.39. The summed E-state index contributed by atoms with van der Waals surface area (Å²) in [6.45, 7) is 4.21. The van der Waals surface area contributed by atoms with Gasteiger partial charge in [0.2, 0.25) is 0 Å². The van der Waals surface area contributed by atoms with Gasteiger partial charge in [-0.1, -0.05) is 44.2 Å². The molecule has 0 heterocycles. The zero-order chi connectivity index (χ0) is 11.4. The number of ether oxygens (including phenoxy) is 1. The standard InChI is InChI=1S/C15H15O/c1-12(2)13-8-10-15(11-9-13)16-14-6-4-3-5-7-14/h3-11H,1-2H3. The highest BCUT2D eigenvalue weighted by molar-refractivity contribution is 5.36. The number of rotatable bonds is 3. The van der Waals surface area contributed by atoms with E-state index < -0.39 is 0 Å². The van der Waals surface area contributed by atoms with E-state index in [1.807, 2.05) is 42.5 Å². The van der Waals surface area contributed by atoms with E-state index >= 15 is 0 Å². The summed E-state index contributed by atoms with van der Waals surface area (Å²) in [5, 5.41) is 0. The first kappa shape index (κ1) is 10.7. The maximum absolute atomic E-state index is 5.70. The molecule has 0 aromatic heterocycles. The molecule has 81 valence electrons. The molecule has 0 saturated heterocycles. The summed E-state index contributed by atoms with van der Waals surface area (Å²) in [4.78, 5) is 0. The molecule has 0 spiro atoms. The molecule has 0 aliphatic heterocycles. The Balaban J connectivity index is 2.11. The number of benzene rings is 2. The van der Waals surface area contributed by atoms with Crippen LogP contribution >= 0.6 is 0 Å². The van der Waals surface area contributed by atoms with Gasteiger partial charge in [0, 0.05) is 0 Å². The monoisotopic (exact) mass is 211 g/mol. The Morgan fingerprint density at radius 2 is 1.31 bits per heavy atom. The average molecular weight is 211 g/mol. The highest BCUT2D eigenvalue weighted by atomic mass is 16.5. The van der Waals surface area contributed by atoms with Crippen molar-refractivity contribution in [1.29, 1.82) is 0 Å². The average Bonchev–Trinajstić information content (AvgIpc) is 2.31. The van der Waals surface area contributed by atoms with Gasteiger partial charge in [0.25, 0.3) is 0 Å². The van der Waals surface area contributed by atoms with Crippen LogP contribution in [0.2, 0.25) is 0 Å². The van der Waals surface area contributed by atoms with Crippen molar-refractivity contribution in [2.24, 2.45) is 0 Å². The third kappa shape index (κ3) is 2.63. The van der Waals surface area contributed by atoms with E-state index in [9.17, 15) is 0 Å². The number of para-hydroxylation sites is 1. The Labute approximate surface area is 96.7 Å². The second-order valence-corrected chi connectivity index (χ2v) is 3.94. The molecule has 0 unspecified atom stereocenters. The van der Waals surface area contributed by atoms with Crippen LogP contribution in [0, 0.1) is 5.92 Å². The molecule has 0 aliphatic carbocycles. The first-order chi connectivity index (χ1) is 7.75. The van der Waals surface area contributed by atoms with Crippen molar-refractivity contribution in [3.63, 3.8) is 0 Å². The molecule has 1 nitrogen and oxygen atoms in total. The predicted octanol–water partition coefficient (Wildman–Crippen LogP) is 4.44. The minimum absolute atomic E-state index is 0.868. The van der Waals surface area contributed by atoms with Crippen LogP contribution in [0.3, 0.4) is 0 Å². The van der Waals surface area contributed by atoms with Crippen molar-refractivity contribution < 1.29 is 4.74 Å². The predicted molar refractivity (Wildman–Crippen MR) is 66.7 cm³/mol. The van der Waals surface area contributed by atoms with E-state index in [-0.39, 0.29) is 0 Å². The summed E-state index contributed by atoms with van der Waals surface area (Å²) in [5.41, 5.74) is 1.25. The van der Waals surface area contributed by atoms with Crippen LogP contribution in [-0.4, -0.2) is 0 Å². The molecule has 2 aromatic rings. The highest BCUT2D eigenvalue weighted by Crippen LogP contribution is 2.23. The summed E-state index contributed by atoms with van der Waals surface area (Å²) < 4.78 is 5.70. The largest absolute Gasteiger partial charge is 0.457 e. The second kappa shape index (κ2) is 4.84. The molecule has 16 heavy (non-hydrogen) atoms. The molecule has 2 rings (SSSR count). The van der Waals surface area contributed by atoms with Crippen LogP contribution < -0.4 is 4.74 Å². The van der Waals surface area contributed by atoms with Crippen molar-refractivity contribution in [3.8, 4) is 11.5 Å². The van der Waals surface area contributed by atoms with E-state index in [0.717, 1.165) is 11.5 Å². The van der Waals surface area contributed by atoms with Gasteiger partial charge in [0.05, 0.1) is 0 Å². The Kier molecular flexibility index (Phi) is 3.25. The normalized spacial score (nSPS) is 10.4. The topological polar surface area (TPSA) is 9.23 Å². The zero-order valence-corrected chi connectivity index (χ0v) is 9.60. The van der Waals surface area contributed by atoms with Gasteiger partial charge in [0.15, 0.2) is 0 Å². The van der Waals surface area contributed by atoms with Crippen LogP contribution in [0.5, 0.6) is 11.5 Å². The summed E-state index contributed by atoms with van der Waals surface area (Å²) in [6, 6.07) is 18.0. The summed E-state index contributed by atoms with van der Waals surface area (Å²) in [7, 11) is 0. The lowest BCUT2D eigenvalue weighted by Crippen LogP contribution is -1.88. The molecule has 0 N–H and O–H groups in total. The minimum Gasteiger partial charge on any atom is -0.457 e. The fraction of sp³-hybridized carbons (Fsp3) is 0.133. The molecular formula is C15H15O. The van der Waals surface area contributed by atoms with Crippen molar-refractivity contribution in [1.82, 2.24) is 0 Å². The second-order valence-electron chi connectivity index (χ2n) is 3.94.